The summed E-state index contributed by atoms with van der Waals surface area (Å²) in [5.41, 5.74) is 4.87. The molecular weight excluding hydrogens is 123 g/mol. The minimum Gasteiger partial charge on any atom is -0.354 e. The summed E-state index contributed by atoms with van der Waals surface area (Å²) in [6.07, 6.45) is -1.55. The van der Waals surface area contributed by atoms with Crippen molar-refractivity contribution in [2.24, 2.45) is 5.73 Å². The van der Waals surface area contributed by atoms with E-state index in [9.17, 15) is 9.18 Å². The minimum atomic E-state index is -1.55. The second kappa shape index (κ2) is 4.26. The molecule has 0 radical (unpaired) electrons. The van der Waals surface area contributed by atoms with E-state index in [-0.39, 0.29) is 6.54 Å². The average molecular weight is 134 g/mol. The molecule has 0 fully saturated rings. The molecule has 0 bridgehead atoms. The van der Waals surface area contributed by atoms with E-state index in [2.05, 4.69) is 5.32 Å². The summed E-state index contributed by atoms with van der Waals surface area (Å²) in [5.74, 6) is -0.625. The lowest BCUT2D eigenvalue weighted by atomic mass is 10.3. The Morgan fingerprint density at radius 1 is 1.89 bits per heavy atom. The molecule has 0 rings (SSSR count). The number of hydrogen-bond acceptors (Lipinski definition) is 2. The number of carbonyl (C=O) groups is 1. The van der Waals surface area contributed by atoms with Gasteiger partial charge in [-0.15, -0.1) is 0 Å². The highest BCUT2D eigenvalue weighted by Crippen LogP contribution is 1.84. The monoisotopic (exact) mass is 134 g/mol. The third-order valence-corrected chi connectivity index (χ3v) is 0.842. The molecule has 0 aliphatic rings. The molecule has 0 saturated carbocycles. The Bertz CT molecular complexity index is 97.0. The molecule has 4 heteroatoms. The quantitative estimate of drug-likeness (QED) is 0.542. The first-order valence-corrected chi connectivity index (χ1v) is 2.84. The van der Waals surface area contributed by atoms with Crippen molar-refractivity contribution in [3.63, 3.8) is 0 Å². The van der Waals surface area contributed by atoms with E-state index in [0.717, 1.165) is 0 Å². The Balaban J connectivity index is 3.46. The normalized spacial score (nSPS) is 12.8. The van der Waals surface area contributed by atoms with Gasteiger partial charge in [-0.3, -0.25) is 4.79 Å². The smallest absolute Gasteiger partial charge is 0.255 e. The van der Waals surface area contributed by atoms with Crippen LogP contribution in [0.1, 0.15) is 6.92 Å². The molecule has 0 aromatic carbocycles. The van der Waals surface area contributed by atoms with E-state index in [1.165, 1.54) is 0 Å². The predicted octanol–water partition coefficient (Wildman–Crippen LogP) is -0.581. The van der Waals surface area contributed by atoms with Crippen LogP contribution in [0.2, 0.25) is 0 Å². The zero-order valence-electron chi connectivity index (χ0n) is 5.36. The van der Waals surface area contributed by atoms with Crippen molar-refractivity contribution >= 4 is 5.91 Å². The summed E-state index contributed by atoms with van der Waals surface area (Å²) >= 11 is 0. The number of hydrogen-bond donors (Lipinski definition) is 2. The van der Waals surface area contributed by atoms with Crippen molar-refractivity contribution in [1.82, 2.24) is 5.32 Å². The SMILES string of the molecule is CCNC(=O)C(F)CN. The molecule has 54 valence electrons. The predicted molar refractivity (Wildman–Crippen MR) is 32.6 cm³/mol. The number of rotatable bonds is 3. The first-order valence-electron chi connectivity index (χ1n) is 2.84. The highest BCUT2D eigenvalue weighted by atomic mass is 19.1. The van der Waals surface area contributed by atoms with Gasteiger partial charge < -0.3 is 11.1 Å². The van der Waals surface area contributed by atoms with Crippen LogP contribution in [-0.2, 0) is 4.79 Å². The van der Waals surface area contributed by atoms with Crippen molar-refractivity contribution in [2.45, 2.75) is 13.1 Å². The minimum absolute atomic E-state index is 0.244. The number of halogens is 1. The number of nitrogens with two attached hydrogens (primary N) is 1. The Hall–Kier alpha value is -0.640. The highest BCUT2D eigenvalue weighted by molar-refractivity contribution is 5.80. The molecule has 1 amide bonds. The fourth-order valence-electron chi connectivity index (χ4n) is 0.392. The Morgan fingerprint density at radius 2 is 2.44 bits per heavy atom. The summed E-state index contributed by atoms with van der Waals surface area (Å²) in [4.78, 5) is 10.4. The maximum absolute atomic E-state index is 12.2. The molecule has 0 spiro atoms. The van der Waals surface area contributed by atoms with E-state index in [1.54, 1.807) is 6.92 Å². The van der Waals surface area contributed by atoms with Gasteiger partial charge in [0.2, 0.25) is 0 Å². The Morgan fingerprint density at radius 3 is 2.78 bits per heavy atom. The van der Waals surface area contributed by atoms with Crippen LogP contribution in [0, 0.1) is 0 Å². The van der Waals surface area contributed by atoms with Crippen LogP contribution in [-0.4, -0.2) is 25.2 Å². The van der Waals surface area contributed by atoms with Gasteiger partial charge in [-0.25, -0.2) is 4.39 Å². The molecule has 0 aliphatic carbocycles. The molecule has 0 aliphatic heterocycles. The van der Waals surface area contributed by atoms with Crippen molar-refractivity contribution in [3.8, 4) is 0 Å². The zero-order chi connectivity index (χ0) is 7.28. The van der Waals surface area contributed by atoms with Crippen molar-refractivity contribution in [1.29, 1.82) is 0 Å². The van der Waals surface area contributed by atoms with Gasteiger partial charge in [0.05, 0.1) is 0 Å². The molecule has 9 heavy (non-hydrogen) atoms. The van der Waals surface area contributed by atoms with Gasteiger partial charge >= 0.3 is 0 Å². The van der Waals surface area contributed by atoms with Gasteiger partial charge in [0.15, 0.2) is 6.17 Å². The summed E-state index contributed by atoms with van der Waals surface area (Å²) in [7, 11) is 0. The van der Waals surface area contributed by atoms with E-state index in [0.29, 0.717) is 6.54 Å². The maximum atomic E-state index is 12.2. The van der Waals surface area contributed by atoms with E-state index in [4.69, 9.17) is 5.73 Å². The summed E-state index contributed by atoms with van der Waals surface area (Å²) < 4.78 is 12.2. The molecular formula is C5H11FN2O. The van der Waals surface area contributed by atoms with E-state index in [1.807, 2.05) is 0 Å². The molecule has 0 heterocycles. The van der Waals surface area contributed by atoms with E-state index < -0.39 is 12.1 Å². The molecule has 0 aromatic heterocycles. The second-order valence-electron chi connectivity index (χ2n) is 1.60. The number of carbonyl (C=O) groups excluding carboxylic acids is 1. The number of amides is 1. The van der Waals surface area contributed by atoms with Gasteiger partial charge in [-0.2, -0.15) is 0 Å². The van der Waals surface area contributed by atoms with Crippen LogP contribution in [0.25, 0.3) is 0 Å². The Kier molecular flexibility index (Phi) is 3.96. The van der Waals surface area contributed by atoms with Gasteiger partial charge in [0, 0.05) is 13.1 Å². The van der Waals surface area contributed by atoms with Gasteiger partial charge in [-0.05, 0) is 6.92 Å². The topological polar surface area (TPSA) is 55.1 Å². The van der Waals surface area contributed by atoms with Crippen molar-refractivity contribution < 1.29 is 9.18 Å². The van der Waals surface area contributed by atoms with Gasteiger partial charge in [-0.1, -0.05) is 0 Å². The second-order valence-corrected chi connectivity index (χ2v) is 1.60. The first-order chi connectivity index (χ1) is 4.22. The van der Waals surface area contributed by atoms with Crippen LogP contribution < -0.4 is 11.1 Å². The van der Waals surface area contributed by atoms with Crippen molar-refractivity contribution in [3.05, 3.63) is 0 Å². The lowest BCUT2D eigenvalue weighted by Gasteiger charge is -2.03. The maximum Gasteiger partial charge on any atom is 0.255 e. The molecule has 3 nitrogen and oxygen atoms in total. The standard InChI is InChI=1S/C5H11FN2O/c1-2-8-5(9)4(6)3-7/h4H,2-3,7H2,1H3,(H,8,9). The summed E-state index contributed by atoms with van der Waals surface area (Å²) in [5, 5.41) is 2.30. The molecule has 1 atom stereocenters. The molecule has 0 saturated heterocycles. The van der Waals surface area contributed by atoms with Crippen LogP contribution in [0.4, 0.5) is 4.39 Å². The fourth-order valence-corrected chi connectivity index (χ4v) is 0.392. The van der Waals surface area contributed by atoms with Gasteiger partial charge in [0.25, 0.3) is 5.91 Å². The Labute approximate surface area is 53.4 Å². The third-order valence-electron chi connectivity index (χ3n) is 0.842. The zero-order valence-corrected chi connectivity index (χ0v) is 5.36. The molecule has 1 unspecified atom stereocenters. The lowest BCUT2D eigenvalue weighted by molar-refractivity contribution is -0.125. The first kappa shape index (κ1) is 8.36. The lowest BCUT2D eigenvalue weighted by Crippen LogP contribution is -2.36. The number of nitrogens with one attached hydrogen (secondary N) is 1. The van der Waals surface area contributed by atoms with E-state index >= 15 is 0 Å². The number of alkyl halides is 1. The largest absolute Gasteiger partial charge is 0.354 e. The van der Waals surface area contributed by atoms with Gasteiger partial charge in [0.1, 0.15) is 0 Å². The van der Waals surface area contributed by atoms with Crippen molar-refractivity contribution in [2.75, 3.05) is 13.1 Å². The van der Waals surface area contributed by atoms with Crippen LogP contribution >= 0.6 is 0 Å². The fraction of sp³-hybridized carbons (Fsp3) is 0.800. The third kappa shape index (κ3) is 3.03. The molecule has 3 N–H and O–H groups in total. The average Bonchev–Trinajstić information content (AvgIpc) is 1.87. The van der Waals surface area contributed by atoms with Crippen LogP contribution in [0.5, 0.6) is 0 Å². The van der Waals surface area contributed by atoms with Crippen LogP contribution in [0.3, 0.4) is 0 Å². The summed E-state index contributed by atoms with van der Waals surface area (Å²) in [6.45, 7) is 1.92. The molecule has 0 aromatic rings. The highest BCUT2D eigenvalue weighted by Gasteiger charge is 2.12. The summed E-state index contributed by atoms with van der Waals surface area (Å²) in [6, 6.07) is 0. The van der Waals surface area contributed by atoms with Crippen LogP contribution in [0.15, 0.2) is 0 Å².